The van der Waals surface area contributed by atoms with Gasteiger partial charge in [-0.1, -0.05) is 11.6 Å². The van der Waals surface area contributed by atoms with E-state index in [1.807, 2.05) is 18.2 Å². The summed E-state index contributed by atoms with van der Waals surface area (Å²) in [6.45, 7) is 6.00. The monoisotopic (exact) mass is 309 g/mol. The Hall–Kier alpha value is -1.32. The summed E-state index contributed by atoms with van der Waals surface area (Å²) in [5.41, 5.74) is 0.921. The normalized spacial score (nSPS) is 17.1. The van der Waals surface area contributed by atoms with Gasteiger partial charge in [0.1, 0.15) is 11.5 Å². The summed E-state index contributed by atoms with van der Waals surface area (Å²) >= 11 is 6.15. The Morgan fingerprint density at radius 3 is 2.29 bits per heavy atom. The number of rotatable bonds is 3. The Kier molecular flexibility index (Phi) is 6.43. The predicted octanol–water partition coefficient (Wildman–Crippen LogP) is 4.05. The molecule has 1 aliphatic carbocycles. The molecular formula is C17H24ClNO2. The molecule has 1 aromatic carbocycles. The van der Waals surface area contributed by atoms with Gasteiger partial charge in [-0.05, 0) is 45.1 Å². The highest BCUT2D eigenvalue weighted by Gasteiger charge is 2.40. The van der Waals surface area contributed by atoms with Crippen LogP contribution in [-0.4, -0.2) is 31.9 Å². The first-order chi connectivity index (χ1) is 9.99. The molecule has 0 aromatic heterocycles. The molecule has 1 aromatic rings. The molecule has 0 saturated heterocycles. The van der Waals surface area contributed by atoms with Crippen molar-refractivity contribution in [1.82, 2.24) is 4.90 Å². The molecule has 2 rings (SSSR count). The fourth-order valence-corrected chi connectivity index (χ4v) is 3.12. The van der Waals surface area contributed by atoms with E-state index in [9.17, 15) is 4.79 Å². The molecule has 0 radical (unpaired) electrons. The van der Waals surface area contributed by atoms with E-state index in [-0.39, 0.29) is 5.54 Å². The van der Waals surface area contributed by atoms with Gasteiger partial charge in [-0.15, -0.1) is 13.2 Å². The van der Waals surface area contributed by atoms with Crippen LogP contribution in [0.15, 0.2) is 31.4 Å². The van der Waals surface area contributed by atoms with Crippen molar-refractivity contribution < 1.29 is 9.53 Å². The predicted molar refractivity (Wildman–Crippen MR) is 88.1 cm³/mol. The van der Waals surface area contributed by atoms with Crippen LogP contribution in [0.4, 0.5) is 0 Å². The molecule has 0 bridgehead atoms. The number of carbonyl (C=O) groups excluding carboxylic acids is 1. The van der Waals surface area contributed by atoms with Crippen LogP contribution >= 0.6 is 11.6 Å². The number of halogens is 1. The summed E-state index contributed by atoms with van der Waals surface area (Å²) in [5, 5.41) is 0.703. The van der Waals surface area contributed by atoms with Crippen molar-refractivity contribution >= 4 is 17.4 Å². The fraction of sp³-hybridized carbons (Fsp3) is 0.471. The Balaban J connectivity index is 0.00000106. The molecule has 116 valence electrons. The second-order valence-electron chi connectivity index (χ2n) is 5.31. The highest BCUT2D eigenvalue weighted by Crippen LogP contribution is 2.44. The number of hydrogen-bond donors (Lipinski definition) is 0. The number of carbonyl (C=O) groups is 1. The summed E-state index contributed by atoms with van der Waals surface area (Å²) in [7, 11) is 5.77. The standard InChI is InChI=1S/C15H20ClNO2.C2H4/c1-17(2)15(8-6-12(18)7-9-15)13-10-11(16)4-5-14(13)19-3;1-2/h4-5,10H,6-9H2,1-3H3;1-2H2. The molecule has 1 saturated carbocycles. The summed E-state index contributed by atoms with van der Waals surface area (Å²) < 4.78 is 5.49. The van der Waals surface area contributed by atoms with Crippen LogP contribution < -0.4 is 4.74 Å². The van der Waals surface area contributed by atoms with E-state index >= 15 is 0 Å². The van der Waals surface area contributed by atoms with E-state index in [2.05, 4.69) is 32.2 Å². The van der Waals surface area contributed by atoms with E-state index < -0.39 is 0 Å². The Morgan fingerprint density at radius 2 is 1.81 bits per heavy atom. The van der Waals surface area contributed by atoms with E-state index in [0.717, 1.165) is 24.2 Å². The van der Waals surface area contributed by atoms with Gasteiger partial charge in [0.2, 0.25) is 0 Å². The van der Waals surface area contributed by atoms with Gasteiger partial charge in [0.15, 0.2) is 0 Å². The number of benzene rings is 1. The van der Waals surface area contributed by atoms with Gasteiger partial charge in [-0.3, -0.25) is 9.69 Å². The average Bonchev–Trinajstić information content (AvgIpc) is 2.50. The quantitative estimate of drug-likeness (QED) is 0.789. The van der Waals surface area contributed by atoms with E-state index in [1.165, 1.54) is 0 Å². The van der Waals surface area contributed by atoms with Crippen molar-refractivity contribution in [2.45, 2.75) is 31.2 Å². The van der Waals surface area contributed by atoms with Crippen LogP contribution in [0.5, 0.6) is 5.75 Å². The smallest absolute Gasteiger partial charge is 0.133 e. The Bertz CT molecular complexity index is 490. The zero-order valence-electron chi connectivity index (χ0n) is 13.1. The number of ketones is 1. The molecule has 21 heavy (non-hydrogen) atoms. The van der Waals surface area contributed by atoms with Crippen molar-refractivity contribution in [3.05, 3.63) is 41.9 Å². The molecule has 1 fully saturated rings. The largest absolute Gasteiger partial charge is 0.496 e. The maximum atomic E-state index is 11.6. The van der Waals surface area contributed by atoms with Crippen molar-refractivity contribution in [3.8, 4) is 5.75 Å². The zero-order chi connectivity index (χ0) is 16.0. The number of methoxy groups -OCH3 is 1. The molecule has 4 heteroatoms. The highest BCUT2D eigenvalue weighted by atomic mass is 35.5. The van der Waals surface area contributed by atoms with Gasteiger partial charge in [0.05, 0.1) is 12.6 Å². The molecule has 3 nitrogen and oxygen atoms in total. The van der Waals surface area contributed by atoms with E-state index in [0.29, 0.717) is 23.6 Å². The first-order valence-corrected chi connectivity index (χ1v) is 7.40. The lowest BCUT2D eigenvalue weighted by Gasteiger charge is -2.43. The maximum Gasteiger partial charge on any atom is 0.133 e. The van der Waals surface area contributed by atoms with Crippen molar-refractivity contribution in [2.24, 2.45) is 0 Å². The molecule has 0 aliphatic heterocycles. The van der Waals surface area contributed by atoms with Gasteiger partial charge in [0, 0.05) is 23.4 Å². The lowest BCUT2D eigenvalue weighted by molar-refractivity contribution is -0.122. The van der Waals surface area contributed by atoms with E-state index in [1.54, 1.807) is 7.11 Å². The van der Waals surface area contributed by atoms with Crippen LogP contribution in [0.2, 0.25) is 5.02 Å². The van der Waals surface area contributed by atoms with Crippen molar-refractivity contribution in [1.29, 1.82) is 0 Å². The fourth-order valence-electron chi connectivity index (χ4n) is 2.94. The number of nitrogens with zero attached hydrogens (tertiary/aromatic N) is 1. The minimum atomic E-state index is -0.163. The third-order valence-corrected chi connectivity index (χ3v) is 4.39. The second kappa shape index (κ2) is 7.62. The Morgan fingerprint density at radius 1 is 1.24 bits per heavy atom. The van der Waals surface area contributed by atoms with Crippen LogP contribution in [0, 0.1) is 0 Å². The number of Topliss-reactive ketones (excluding diaryl/α,β-unsaturated/α-hetero) is 1. The lowest BCUT2D eigenvalue weighted by Crippen LogP contribution is -2.44. The van der Waals surface area contributed by atoms with Gasteiger partial charge in [0.25, 0.3) is 0 Å². The summed E-state index contributed by atoms with van der Waals surface area (Å²) in [5.74, 6) is 1.19. The third-order valence-electron chi connectivity index (χ3n) is 4.15. The van der Waals surface area contributed by atoms with Crippen LogP contribution in [0.1, 0.15) is 31.2 Å². The minimum absolute atomic E-state index is 0.163. The number of hydrogen-bond acceptors (Lipinski definition) is 3. The maximum absolute atomic E-state index is 11.6. The minimum Gasteiger partial charge on any atom is -0.496 e. The topological polar surface area (TPSA) is 29.5 Å². The average molecular weight is 310 g/mol. The molecule has 0 amide bonds. The van der Waals surface area contributed by atoms with Gasteiger partial charge < -0.3 is 4.74 Å². The molecule has 0 N–H and O–H groups in total. The van der Waals surface area contributed by atoms with Gasteiger partial charge in [-0.2, -0.15) is 0 Å². The lowest BCUT2D eigenvalue weighted by atomic mass is 9.75. The third kappa shape index (κ3) is 3.66. The molecule has 0 atom stereocenters. The molecule has 0 spiro atoms. The van der Waals surface area contributed by atoms with Crippen LogP contribution in [0.3, 0.4) is 0 Å². The first kappa shape index (κ1) is 17.7. The molecule has 0 unspecified atom stereocenters. The SMILES string of the molecule is C=C.COc1ccc(Cl)cc1C1(N(C)C)CCC(=O)CC1. The summed E-state index contributed by atoms with van der Waals surface area (Å²) in [6.07, 6.45) is 2.87. The summed E-state index contributed by atoms with van der Waals surface area (Å²) in [6, 6.07) is 5.71. The van der Waals surface area contributed by atoms with Crippen LogP contribution in [0.25, 0.3) is 0 Å². The Labute approximate surface area is 132 Å². The molecule has 0 heterocycles. The van der Waals surface area contributed by atoms with E-state index in [4.69, 9.17) is 16.3 Å². The second-order valence-corrected chi connectivity index (χ2v) is 5.75. The van der Waals surface area contributed by atoms with Crippen LogP contribution in [-0.2, 0) is 10.3 Å². The molecule has 1 aliphatic rings. The molecular weight excluding hydrogens is 286 g/mol. The number of ether oxygens (including phenoxy) is 1. The van der Waals surface area contributed by atoms with Gasteiger partial charge >= 0.3 is 0 Å². The van der Waals surface area contributed by atoms with Gasteiger partial charge in [-0.25, -0.2) is 0 Å². The highest BCUT2D eigenvalue weighted by molar-refractivity contribution is 6.30. The zero-order valence-corrected chi connectivity index (χ0v) is 13.9. The van der Waals surface area contributed by atoms with Crippen molar-refractivity contribution in [2.75, 3.05) is 21.2 Å². The van der Waals surface area contributed by atoms with Crippen molar-refractivity contribution in [3.63, 3.8) is 0 Å². The first-order valence-electron chi connectivity index (χ1n) is 7.03. The summed E-state index contributed by atoms with van der Waals surface area (Å²) in [4.78, 5) is 13.7.